The molecule has 0 aliphatic heterocycles. The zero-order valence-corrected chi connectivity index (χ0v) is 12.9. The van der Waals surface area contributed by atoms with E-state index in [9.17, 15) is 9.18 Å². The van der Waals surface area contributed by atoms with Crippen molar-refractivity contribution >= 4 is 18.3 Å². The van der Waals surface area contributed by atoms with E-state index in [-0.39, 0.29) is 35.8 Å². The Bertz CT molecular complexity index is 620. The van der Waals surface area contributed by atoms with E-state index >= 15 is 0 Å². The maximum Gasteiger partial charge on any atom is 0.249 e. The summed E-state index contributed by atoms with van der Waals surface area (Å²) in [6.07, 6.45) is 0.975. The number of amides is 1. The number of carbonyl (C=O) groups is 1. The summed E-state index contributed by atoms with van der Waals surface area (Å²) in [6, 6.07) is 5.50. The molecular weight excluding hydrogens is 311 g/mol. The van der Waals surface area contributed by atoms with Crippen LogP contribution in [0.1, 0.15) is 31.7 Å². The SMILES string of the molecule is CC(NC(=O)CCCN)c1nc(-c2cccc(F)c2)no1.Cl. The highest BCUT2D eigenvalue weighted by Gasteiger charge is 2.17. The first-order chi connectivity index (χ1) is 10.1. The molecule has 2 aromatic rings. The molecule has 8 heteroatoms. The number of halogens is 2. The number of nitrogens with two attached hydrogens (primary N) is 1. The van der Waals surface area contributed by atoms with Crippen molar-refractivity contribution in [2.75, 3.05) is 6.54 Å². The predicted molar refractivity (Wildman–Crippen MR) is 81.8 cm³/mol. The third-order valence-corrected chi connectivity index (χ3v) is 2.88. The Morgan fingerprint density at radius 3 is 2.95 bits per heavy atom. The Morgan fingerprint density at radius 1 is 1.50 bits per heavy atom. The third kappa shape index (κ3) is 4.78. The maximum absolute atomic E-state index is 13.2. The first-order valence-electron chi connectivity index (χ1n) is 6.69. The molecule has 0 saturated carbocycles. The van der Waals surface area contributed by atoms with Gasteiger partial charge in [-0.2, -0.15) is 4.98 Å². The molecule has 1 aromatic carbocycles. The van der Waals surface area contributed by atoms with Gasteiger partial charge in [0.05, 0.1) is 0 Å². The molecular formula is C14H18ClFN4O2. The monoisotopic (exact) mass is 328 g/mol. The molecule has 0 aliphatic carbocycles. The van der Waals surface area contributed by atoms with E-state index in [1.165, 1.54) is 12.1 Å². The number of nitrogens with one attached hydrogen (secondary N) is 1. The summed E-state index contributed by atoms with van der Waals surface area (Å²) in [6.45, 7) is 2.20. The number of hydrogen-bond donors (Lipinski definition) is 2. The number of carbonyl (C=O) groups excluding carboxylic acids is 1. The van der Waals surface area contributed by atoms with Crippen LogP contribution in [0.2, 0.25) is 0 Å². The highest BCUT2D eigenvalue weighted by atomic mass is 35.5. The Kier molecular flexibility index (Phi) is 6.94. The van der Waals surface area contributed by atoms with E-state index < -0.39 is 6.04 Å². The zero-order valence-electron chi connectivity index (χ0n) is 12.1. The van der Waals surface area contributed by atoms with Crippen molar-refractivity contribution in [3.63, 3.8) is 0 Å². The van der Waals surface area contributed by atoms with E-state index in [1.807, 2.05) is 0 Å². The van der Waals surface area contributed by atoms with Gasteiger partial charge in [-0.05, 0) is 32.0 Å². The summed E-state index contributed by atoms with van der Waals surface area (Å²) in [5.74, 6) is 0.0587. The van der Waals surface area contributed by atoms with Crippen LogP contribution in [-0.4, -0.2) is 22.6 Å². The van der Waals surface area contributed by atoms with Crippen LogP contribution < -0.4 is 11.1 Å². The molecule has 1 atom stereocenters. The van der Waals surface area contributed by atoms with Crippen molar-refractivity contribution in [1.29, 1.82) is 0 Å². The summed E-state index contributed by atoms with van der Waals surface area (Å²) in [5, 5.41) is 6.54. The third-order valence-electron chi connectivity index (χ3n) is 2.88. The molecule has 0 radical (unpaired) electrons. The number of hydrogen-bond acceptors (Lipinski definition) is 5. The maximum atomic E-state index is 13.2. The van der Waals surface area contributed by atoms with Crippen LogP contribution in [0.5, 0.6) is 0 Å². The fourth-order valence-corrected chi connectivity index (χ4v) is 1.79. The van der Waals surface area contributed by atoms with Gasteiger partial charge in [-0.1, -0.05) is 17.3 Å². The van der Waals surface area contributed by atoms with Crippen LogP contribution in [0, 0.1) is 5.82 Å². The van der Waals surface area contributed by atoms with Crippen molar-refractivity contribution in [3.05, 3.63) is 36.0 Å². The summed E-state index contributed by atoms with van der Waals surface area (Å²) in [5.41, 5.74) is 5.87. The van der Waals surface area contributed by atoms with Crippen molar-refractivity contribution in [2.24, 2.45) is 5.73 Å². The van der Waals surface area contributed by atoms with Gasteiger partial charge in [0.15, 0.2) is 0 Å². The topological polar surface area (TPSA) is 94.0 Å². The largest absolute Gasteiger partial charge is 0.345 e. The van der Waals surface area contributed by atoms with Crippen molar-refractivity contribution in [3.8, 4) is 11.4 Å². The Labute approximate surface area is 133 Å². The quantitative estimate of drug-likeness (QED) is 0.848. The Balaban J connectivity index is 0.00000242. The van der Waals surface area contributed by atoms with Crippen LogP contribution >= 0.6 is 12.4 Å². The zero-order chi connectivity index (χ0) is 15.2. The number of aromatic nitrogens is 2. The fourth-order valence-electron chi connectivity index (χ4n) is 1.79. The molecule has 2 rings (SSSR count). The van der Waals surface area contributed by atoms with Gasteiger partial charge < -0.3 is 15.6 Å². The molecule has 1 aromatic heterocycles. The number of rotatable bonds is 6. The smallest absolute Gasteiger partial charge is 0.249 e. The lowest BCUT2D eigenvalue weighted by atomic mass is 10.2. The average molecular weight is 329 g/mol. The molecule has 22 heavy (non-hydrogen) atoms. The van der Waals surface area contributed by atoms with Crippen LogP contribution in [0.15, 0.2) is 28.8 Å². The molecule has 0 spiro atoms. The summed E-state index contributed by atoms with van der Waals surface area (Å²) >= 11 is 0. The van der Waals surface area contributed by atoms with Crippen LogP contribution in [0.25, 0.3) is 11.4 Å². The van der Waals surface area contributed by atoms with E-state index in [4.69, 9.17) is 10.3 Å². The van der Waals surface area contributed by atoms with Crippen LogP contribution in [0.4, 0.5) is 4.39 Å². The molecule has 120 valence electrons. The summed E-state index contributed by atoms with van der Waals surface area (Å²) in [7, 11) is 0. The summed E-state index contributed by atoms with van der Waals surface area (Å²) < 4.78 is 18.3. The van der Waals surface area contributed by atoms with E-state index in [2.05, 4.69) is 15.5 Å². The van der Waals surface area contributed by atoms with Gasteiger partial charge in [0.2, 0.25) is 17.6 Å². The Morgan fingerprint density at radius 2 is 2.27 bits per heavy atom. The molecule has 0 saturated heterocycles. The van der Waals surface area contributed by atoms with Crippen LogP contribution in [0.3, 0.4) is 0 Å². The highest BCUT2D eigenvalue weighted by molar-refractivity contribution is 5.85. The minimum Gasteiger partial charge on any atom is -0.345 e. The van der Waals surface area contributed by atoms with Gasteiger partial charge in [0.1, 0.15) is 11.9 Å². The highest BCUT2D eigenvalue weighted by Crippen LogP contribution is 2.19. The van der Waals surface area contributed by atoms with E-state index in [0.29, 0.717) is 24.9 Å². The van der Waals surface area contributed by atoms with Gasteiger partial charge in [-0.15, -0.1) is 12.4 Å². The standard InChI is InChI=1S/C14H17FN4O2.ClH/c1-9(17-12(20)6-3-7-16)14-18-13(19-21-14)10-4-2-5-11(15)8-10;/h2,4-5,8-9H,3,6-7,16H2,1H3,(H,17,20);1H. The first kappa shape index (κ1) is 18.1. The number of nitrogens with zero attached hydrogens (tertiary/aromatic N) is 2. The second-order valence-corrected chi connectivity index (χ2v) is 4.65. The fraction of sp³-hybridized carbons (Fsp3) is 0.357. The molecule has 3 N–H and O–H groups in total. The number of benzene rings is 1. The Hall–Kier alpha value is -1.99. The second kappa shape index (κ2) is 8.45. The van der Waals surface area contributed by atoms with Crippen molar-refractivity contribution in [2.45, 2.75) is 25.8 Å². The second-order valence-electron chi connectivity index (χ2n) is 4.65. The first-order valence-corrected chi connectivity index (χ1v) is 6.69. The van der Waals surface area contributed by atoms with E-state index in [0.717, 1.165) is 0 Å². The molecule has 6 nitrogen and oxygen atoms in total. The van der Waals surface area contributed by atoms with E-state index in [1.54, 1.807) is 19.1 Å². The lowest BCUT2D eigenvalue weighted by Crippen LogP contribution is -2.27. The molecule has 0 bridgehead atoms. The average Bonchev–Trinajstić information content (AvgIpc) is 2.95. The van der Waals surface area contributed by atoms with Gasteiger partial charge >= 0.3 is 0 Å². The molecule has 1 amide bonds. The van der Waals surface area contributed by atoms with Gasteiger partial charge in [-0.25, -0.2) is 4.39 Å². The molecule has 0 aliphatic rings. The van der Waals surface area contributed by atoms with Gasteiger partial charge in [-0.3, -0.25) is 4.79 Å². The molecule has 1 heterocycles. The van der Waals surface area contributed by atoms with Crippen LogP contribution in [-0.2, 0) is 4.79 Å². The minimum atomic E-state index is -0.412. The van der Waals surface area contributed by atoms with Gasteiger partial charge in [0.25, 0.3) is 0 Å². The lowest BCUT2D eigenvalue weighted by molar-refractivity contribution is -0.121. The predicted octanol–water partition coefficient (Wildman–Crippen LogP) is 2.21. The molecule has 0 fully saturated rings. The lowest BCUT2D eigenvalue weighted by Gasteiger charge is -2.08. The van der Waals surface area contributed by atoms with Gasteiger partial charge in [0, 0.05) is 12.0 Å². The summed E-state index contributed by atoms with van der Waals surface area (Å²) in [4.78, 5) is 15.8. The minimum absolute atomic E-state index is 0. The molecule has 1 unspecified atom stereocenters. The van der Waals surface area contributed by atoms with Crippen molar-refractivity contribution in [1.82, 2.24) is 15.5 Å². The van der Waals surface area contributed by atoms with Crippen molar-refractivity contribution < 1.29 is 13.7 Å². The normalized spacial score (nSPS) is 11.6.